The van der Waals surface area contributed by atoms with Gasteiger partial charge in [0.1, 0.15) is 11.6 Å². The first-order valence-corrected chi connectivity index (χ1v) is 8.68. The van der Waals surface area contributed by atoms with Crippen LogP contribution >= 0.6 is 0 Å². The number of methoxy groups -OCH3 is 1. The van der Waals surface area contributed by atoms with Gasteiger partial charge >= 0.3 is 5.97 Å². The highest BCUT2D eigenvalue weighted by molar-refractivity contribution is 5.93. The van der Waals surface area contributed by atoms with E-state index < -0.39 is 5.97 Å². The number of nitrogens with one attached hydrogen (secondary N) is 1. The number of aromatic amines is 1. The zero-order valence-corrected chi connectivity index (χ0v) is 15.4. The number of fused-ring (bicyclic) bond motifs is 1. The van der Waals surface area contributed by atoms with Gasteiger partial charge in [0.2, 0.25) is 5.89 Å². The van der Waals surface area contributed by atoms with Crippen LogP contribution in [0.1, 0.15) is 27.6 Å². The largest absolute Gasteiger partial charge is 0.465 e. The minimum absolute atomic E-state index is 0.277. The smallest absolute Gasteiger partial charge is 0.337 e. The van der Waals surface area contributed by atoms with E-state index in [0.717, 1.165) is 5.56 Å². The Morgan fingerprint density at radius 1 is 1.14 bits per heavy atom. The number of H-pyrrole nitrogens is 1. The number of esters is 1. The molecule has 2 aromatic carbocycles. The van der Waals surface area contributed by atoms with Crippen LogP contribution in [0.5, 0.6) is 0 Å². The number of nitrogens with zero attached hydrogens (tertiary/aromatic N) is 2. The summed E-state index contributed by atoms with van der Waals surface area (Å²) in [5, 5.41) is 0.401. The van der Waals surface area contributed by atoms with Gasteiger partial charge in [0.05, 0.1) is 35.7 Å². The van der Waals surface area contributed by atoms with Crippen LogP contribution in [0, 0.1) is 6.92 Å². The number of ether oxygens (including phenoxy) is 1. The molecule has 4 aromatic rings. The van der Waals surface area contributed by atoms with Crippen molar-refractivity contribution in [3.05, 3.63) is 81.7 Å². The van der Waals surface area contributed by atoms with E-state index in [2.05, 4.69) is 15.0 Å². The summed E-state index contributed by atoms with van der Waals surface area (Å²) in [5.74, 6) is 1.13. The van der Waals surface area contributed by atoms with Crippen LogP contribution in [0.15, 0.2) is 57.7 Å². The average molecular weight is 375 g/mol. The predicted octanol–water partition coefficient (Wildman–Crippen LogP) is 3.26. The minimum atomic E-state index is -0.481. The number of carbonyl (C=O) groups excluding carboxylic acids is 1. The van der Waals surface area contributed by atoms with Crippen molar-refractivity contribution in [2.24, 2.45) is 0 Å². The number of hydrogen-bond acceptors (Lipinski definition) is 6. The zero-order chi connectivity index (χ0) is 19.7. The standard InChI is InChI=1S/C21H17N3O4/c1-12-16(23-20(28-12)13-6-4-3-5-7-13)11-18-22-17-10-14(21(26)27-2)8-9-15(17)19(25)24-18/h3-10H,11H2,1-2H3,(H,22,24,25). The van der Waals surface area contributed by atoms with Crippen LogP contribution in [0.4, 0.5) is 0 Å². The van der Waals surface area contributed by atoms with Crippen LogP contribution in [0.2, 0.25) is 0 Å². The summed E-state index contributed by atoms with van der Waals surface area (Å²) in [5.41, 5.74) is 2.04. The molecule has 140 valence electrons. The van der Waals surface area contributed by atoms with Crippen molar-refractivity contribution in [1.29, 1.82) is 0 Å². The summed E-state index contributed by atoms with van der Waals surface area (Å²) in [7, 11) is 1.31. The Kier molecular flexibility index (Phi) is 4.49. The second kappa shape index (κ2) is 7.11. The Hall–Kier alpha value is -3.74. The van der Waals surface area contributed by atoms with Gasteiger partial charge in [-0.05, 0) is 37.3 Å². The highest BCUT2D eigenvalue weighted by Crippen LogP contribution is 2.22. The van der Waals surface area contributed by atoms with Gasteiger partial charge in [-0.25, -0.2) is 14.8 Å². The summed E-state index contributed by atoms with van der Waals surface area (Å²) in [4.78, 5) is 35.9. The molecule has 28 heavy (non-hydrogen) atoms. The lowest BCUT2D eigenvalue weighted by molar-refractivity contribution is 0.0601. The molecule has 0 aliphatic heterocycles. The zero-order valence-electron chi connectivity index (χ0n) is 15.4. The van der Waals surface area contributed by atoms with E-state index in [1.165, 1.54) is 7.11 Å². The van der Waals surface area contributed by atoms with Crippen LogP contribution in [-0.4, -0.2) is 28.0 Å². The fourth-order valence-electron chi connectivity index (χ4n) is 2.97. The Morgan fingerprint density at radius 2 is 1.93 bits per heavy atom. The molecule has 0 aliphatic rings. The van der Waals surface area contributed by atoms with Crippen molar-refractivity contribution in [2.75, 3.05) is 7.11 Å². The Balaban J connectivity index is 1.71. The van der Waals surface area contributed by atoms with Gasteiger partial charge in [-0.1, -0.05) is 18.2 Å². The van der Waals surface area contributed by atoms with E-state index in [4.69, 9.17) is 9.15 Å². The van der Waals surface area contributed by atoms with Gasteiger partial charge < -0.3 is 14.1 Å². The van der Waals surface area contributed by atoms with Gasteiger partial charge in [0, 0.05) is 5.56 Å². The maximum Gasteiger partial charge on any atom is 0.337 e. The van der Waals surface area contributed by atoms with Crippen molar-refractivity contribution >= 4 is 16.9 Å². The van der Waals surface area contributed by atoms with Gasteiger partial charge in [0.15, 0.2) is 0 Å². The number of aromatic nitrogens is 3. The first kappa shape index (κ1) is 17.7. The third kappa shape index (κ3) is 3.29. The molecule has 1 N–H and O–H groups in total. The van der Waals surface area contributed by atoms with Crippen molar-refractivity contribution in [1.82, 2.24) is 15.0 Å². The Bertz CT molecular complexity index is 1230. The SMILES string of the molecule is COC(=O)c1ccc2c(=O)[nH]c(Cc3nc(-c4ccccc4)oc3C)nc2c1. The molecule has 2 heterocycles. The summed E-state index contributed by atoms with van der Waals surface area (Å²) in [6.45, 7) is 1.82. The molecule has 2 aromatic heterocycles. The van der Waals surface area contributed by atoms with Crippen molar-refractivity contribution in [2.45, 2.75) is 13.3 Å². The van der Waals surface area contributed by atoms with E-state index in [0.29, 0.717) is 46.1 Å². The van der Waals surface area contributed by atoms with Crippen molar-refractivity contribution in [3.8, 4) is 11.5 Å². The Labute approximate surface area is 160 Å². The van der Waals surface area contributed by atoms with E-state index in [1.54, 1.807) is 18.2 Å². The molecule has 0 spiro atoms. The van der Waals surface area contributed by atoms with Crippen LogP contribution in [0.25, 0.3) is 22.4 Å². The van der Waals surface area contributed by atoms with Crippen molar-refractivity contribution < 1.29 is 13.9 Å². The van der Waals surface area contributed by atoms with E-state index >= 15 is 0 Å². The maximum atomic E-state index is 12.4. The van der Waals surface area contributed by atoms with Gasteiger partial charge in [-0.2, -0.15) is 0 Å². The molecule has 0 radical (unpaired) electrons. The van der Waals surface area contributed by atoms with E-state index in [1.807, 2.05) is 37.3 Å². The van der Waals surface area contributed by atoms with Gasteiger partial charge in [-0.3, -0.25) is 4.79 Å². The predicted molar refractivity (Wildman–Crippen MR) is 103 cm³/mol. The summed E-state index contributed by atoms with van der Waals surface area (Å²) >= 11 is 0. The molecule has 4 rings (SSSR count). The molecule has 0 amide bonds. The first-order chi connectivity index (χ1) is 13.5. The quantitative estimate of drug-likeness (QED) is 0.550. The van der Waals surface area contributed by atoms with E-state index in [-0.39, 0.29) is 5.56 Å². The van der Waals surface area contributed by atoms with Gasteiger partial charge in [-0.15, -0.1) is 0 Å². The third-order valence-corrected chi connectivity index (χ3v) is 4.42. The number of carbonyl (C=O) groups is 1. The molecule has 0 saturated heterocycles. The molecule has 7 heteroatoms. The summed E-state index contributed by atoms with van der Waals surface area (Å²) in [6.07, 6.45) is 0.301. The lowest BCUT2D eigenvalue weighted by Crippen LogP contribution is -2.13. The number of benzene rings is 2. The van der Waals surface area contributed by atoms with Gasteiger partial charge in [0.25, 0.3) is 5.56 Å². The lowest BCUT2D eigenvalue weighted by atomic mass is 10.1. The van der Waals surface area contributed by atoms with Crippen LogP contribution < -0.4 is 5.56 Å². The van der Waals surface area contributed by atoms with E-state index in [9.17, 15) is 9.59 Å². The second-order valence-electron chi connectivity index (χ2n) is 6.30. The van der Waals surface area contributed by atoms with Crippen molar-refractivity contribution in [3.63, 3.8) is 0 Å². The Morgan fingerprint density at radius 3 is 2.68 bits per heavy atom. The number of rotatable bonds is 4. The minimum Gasteiger partial charge on any atom is -0.465 e. The fourth-order valence-corrected chi connectivity index (χ4v) is 2.97. The molecule has 0 unspecified atom stereocenters. The number of oxazole rings is 1. The fraction of sp³-hybridized carbons (Fsp3) is 0.143. The first-order valence-electron chi connectivity index (χ1n) is 8.68. The maximum absolute atomic E-state index is 12.4. The molecule has 0 fully saturated rings. The second-order valence-corrected chi connectivity index (χ2v) is 6.30. The molecule has 7 nitrogen and oxygen atoms in total. The molecular formula is C21H17N3O4. The lowest BCUT2D eigenvalue weighted by Gasteiger charge is -2.04. The highest BCUT2D eigenvalue weighted by Gasteiger charge is 2.15. The van der Waals surface area contributed by atoms with Crippen LogP contribution in [-0.2, 0) is 11.2 Å². The topological polar surface area (TPSA) is 98.1 Å². The normalized spacial score (nSPS) is 10.9. The molecule has 0 saturated carbocycles. The summed E-state index contributed by atoms with van der Waals surface area (Å²) < 4.78 is 10.5. The highest BCUT2D eigenvalue weighted by atomic mass is 16.5. The monoisotopic (exact) mass is 375 g/mol. The molecule has 0 bridgehead atoms. The number of aryl methyl sites for hydroxylation is 1. The van der Waals surface area contributed by atoms with Crippen LogP contribution in [0.3, 0.4) is 0 Å². The molecular weight excluding hydrogens is 358 g/mol. The summed E-state index contributed by atoms with van der Waals surface area (Å²) in [6, 6.07) is 14.2. The molecule has 0 aliphatic carbocycles. The molecule has 0 atom stereocenters. The number of hydrogen-bond donors (Lipinski definition) is 1. The third-order valence-electron chi connectivity index (χ3n) is 4.42. The average Bonchev–Trinajstić information content (AvgIpc) is 3.08.